The highest BCUT2D eigenvalue weighted by molar-refractivity contribution is 5.20. The van der Waals surface area contributed by atoms with Gasteiger partial charge >= 0.3 is 0 Å². The van der Waals surface area contributed by atoms with Crippen molar-refractivity contribution >= 4 is 0 Å². The quantitative estimate of drug-likeness (QED) is 0.781. The fourth-order valence-electron chi connectivity index (χ4n) is 3.03. The van der Waals surface area contributed by atoms with E-state index in [9.17, 15) is 0 Å². The SMILES string of the molecule is c1ccc([C@@H]2COCC3(CCCC3)N2)cc1. The van der Waals surface area contributed by atoms with Gasteiger partial charge in [-0.2, -0.15) is 0 Å². The summed E-state index contributed by atoms with van der Waals surface area (Å²) in [7, 11) is 0. The molecule has 1 saturated carbocycles. The molecular weight excluding hydrogens is 198 g/mol. The molecule has 1 aliphatic carbocycles. The van der Waals surface area contributed by atoms with Gasteiger partial charge in [-0.25, -0.2) is 0 Å². The van der Waals surface area contributed by atoms with Gasteiger partial charge in [0, 0.05) is 5.54 Å². The lowest BCUT2D eigenvalue weighted by atomic mass is 9.93. The van der Waals surface area contributed by atoms with Gasteiger partial charge < -0.3 is 10.1 Å². The van der Waals surface area contributed by atoms with Crippen LogP contribution in [-0.4, -0.2) is 18.8 Å². The van der Waals surface area contributed by atoms with E-state index in [1.807, 2.05) is 0 Å². The summed E-state index contributed by atoms with van der Waals surface area (Å²) in [6, 6.07) is 11.0. The third-order valence-electron chi connectivity index (χ3n) is 3.91. The van der Waals surface area contributed by atoms with Gasteiger partial charge in [0.05, 0.1) is 19.3 Å². The van der Waals surface area contributed by atoms with Crippen LogP contribution in [0, 0.1) is 0 Å². The van der Waals surface area contributed by atoms with Gasteiger partial charge in [0.1, 0.15) is 0 Å². The molecule has 16 heavy (non-hydrogen) atoms. The second-order valence-corrected chi connectivity index (χ2v) is 5.11. The van der Waals surface area contributed by atoms with Crippen LogP contribution in [0.15, 0.2) is 30.3 Å². The Bertz CT molecular complexity index is 343. The van der Waals surface area contributed by atoms with E-state index >= 15 is 0 Å². The summed E-state index contributed by atoms with van der Waals surface area (Å²) < 4.78 is 5.81. The van der Waals surface area contributed by atoms with Gasteiger partial charge in [0.25, 0.3) is 0 Å². The third kappa shape index (κ3) is 1.87. The van der Waals surface area contributed by atoms with E-state index in [1.54, 1.807) is 0 Å². The van der Waals surface area contributed by atoms with E-state index in [0.717, 1.165) is 13.2 Å². The van der Waals surface area contributed by atoms with Crippen LogP contribution in [0.2, 0.25) is 0 Å². The van der Waals surface area contributed by atoms with E-state index in [1.165, 1.54) is 31.2 Å². The lowest BCUT2D eigenvalue weighted by Gasteiger charge is -2.39. The standard InChI is InChI=1S/C14H19NO/c1-2-6-12(7-3-1)13-10-16-11-14(15-13)8-4-5-9-14/h1-3,6-7,13,15H,4-5,8-11H2/t13-/m0/s1. The molecule has 0 amide bonds. The van der Waals surface area contributed by atoms with Crippen molar-refractivity contribution in [2.75, 3.05) is 13.2 Å². The molecule has 2 heteroatoms. The Morgan fingerprint density at radius 3 is 2.62 bits per heavy atom. The first-order chi connectivity index (χ1) is 7.88. The smallest absolute Gasteiger partial charge is 0.0662 e. The molecule has 2 aliphatic rings. The first kappa shape index (κ1) is 10.3. The molecule has 1 spiro atoms. The van der Waals surface area contributed by atoms with Crippen LogP contribution in [0.5, 0.6) is 0 Å². The summed E-state index contributed by atoms with van der Waals surface area (Å²) in [6.07, 6.45) is 5.24. The van der Waals surface area contributed by atoms with Gasteiger partial charge in [-0.1, -0.05) is 43.2 Å². The number of benzene rings is 1. The number of rotatable bonds is 1. The predicted molar refractivity (Wildman–Crippen MR) is 64.3 cm³/mol. The summed E-state index contributed by atoms with van der Waals surface area (Å²) >= 11 is 0. The zero-order valence-electron chi connectivity index (χ0n) is 9.61. The van der Waals surface area contributed by atoms with Crippen molar-refractivity contribution in [3.8, 4) is 0 Å². The zero-order valence-corrected chi connectivity index (χ0v) is 9.61. The Hall–Kier alpha value is -0.860. The highest BCUT2D eigenvalue weighted by Crippen LogP contribution is 2.35. The molecule has 0 radical (unpaired) electrons. The van der Waals surface area contributed by atoms with Crippen molar-refractivity contribution in [2.45, 2.75) is 37.3 Å². The van der Waals surface area contributed by atoms with E-state index in [2.05, 4.69) is 35.6 Å². The highest BCUT2D eigenvalue weighted by Gasteiger charge is 2.39. The fourth-order valence-corrected chi connectivity index (χ4v) is 3.03. The summed E-state index contributed by atoms with van der Waals surface area (Å²) in [6.45, 7) is 1.71. The topological polar surface area (TPSA) is 21.3 Å². The predicted octanol–water partition coefficient (Wildman–Crippen LogP) is 2.66. The highest BCUT2D eigenvalue weighted by atomic mass is 16.5. The second kappa shape index (κ2) is 4.19. The van der Waals surface area contributed by atoms with Crippen LogP contribution in [-0.2, 0) is 4.74 Å². The Morgan fingerprint density at radius 2 is 1.88 bits per heavy atom. The maximum atomic E-state index is 5.81. The third-order valence-corrected chi connectivity index (χ3v) is 3.91. The Balaban J connectivity index is 1.77. The molecule has 86 valence electrons. The molecule has 1 heterocycles. The second-order valence-electron chi connectivity index (χ2n) is 5.11. The van der Waals surface area contributed by atoms with E-state index in [-0.39, 0.29) is 5.54 Å². The molecule has 0 aromatic heterocycles. The Kier molecular flexibility index (Phi) is 2.70. The van der Waals surface area contributed by atoms with Crippen molar-refractivity contribution in [3.63, 3.8) is 0 Å². The summed E-state index contributed by atoms with van der Waals surface area (Å²) in [5.41, 5.74) is 1.63. The fraction of sp³-hybridized carbons (Fsp3) is 0.571. The lowest BCUT2D eigenvalue weighted by molar-refractivity contribution is 0.000274. The van der Waals surface area contributed by atoms with Crippen LogP contribution in [0.25, 0.3) is 0 Å². The van der Waals surface area contributed by atoms with Crippen molar-refractivity contribution in [1.82, 2.24) is 5.32 Å². The largest absolute Gasteiger partial charge is 0.378 e. The van der Waals surface area contributed by atoms with Gasteiger partial charge in [-0.15, -0.1) is 0 Å². The molecule has 1 aliphatic heterocycles. The molecule has 2 nitrogen and oxygen atoms in total. The van der Waals surface area contributed by atoms with Gasteiger partial charge in [-0.05, 0) is 18.4 Å². The lowest BCUT2D eigenvalue weighted by Crippen LogP contribution is -2.53. The van der Waals surface area contributed by atoms with Crippen LogP contribution < -0.4 is 5.32 Å². The van der Waals surface area contributed by atoms with Crippen molar-refractivity contribution < 1.29 is 4.74 Å². The average molecular weight is 217 g/mol. The number of ether oxygens (including phenoxy) is 1. The number of nitrogens with one attached hydrogen (secondary N) is 1. The molecule has 2 fully saturated rings. The minimum Gasteiger partial charge on any atom is -0.378 e. The Labute approximate surface area is 97.0 Å². The summed E-state index contributed by atoms with van der Waals surface area (Å²) in [5, 5.41) is 3.82. The molecule has 0 bridgehead atoms. The van der Waals surface area contributed by atoms with E-state index in [4.69, 9.17) is 4.74 Å². The molecule has 1 saturated heterocycles. The number of hydrogen-bond donors (Lipinski definition) is 1. The zero-order chi connectivity index (χ0) is 10.8. The van der Waals surface area contributed by atoms with E-state index in [0.29, 0.717) is 6.04 Å². The number of hydrogen-bond acceptors (Lipinski definition) is 2. The van der Waals surface area contributed by atoms with Gasteiger partial charge in [0.15, 0.2) is 0 Å². The molecule has 1 aromatic carbocycles. The minimum atomic E-state index is 0.277. The van der Waals surface area contributed by atoms with Crippen molar-refractivity contribution in [2.24, 2.45) is 0 Å². The minimum absolute atomic E-state index is 0.277. The van der Waals surface area contributed by atoms with Crippen LogP contribution in [0.1, 0.15) is 37.3 Å². The summed E-state index contributed by atoms with van der Waals surface area (Å²) in [4.78, 5) is 0. The molecule has 0 unspecified atom stereocenters. The molecule has 3 rings (SSSR count). The molecule has 1 aromatic rings. The summed E-state index contributed by atoms with van der Waals surface area (Å²) in [5.74, 6) is 0. The van der Waals surface area contributed by atoms with Crippen molar-refractivity contribution in [1.29, 1.82) is 0 Å². The van der Waals surface area contributed by atoms with Crippen LogP contribution in [0.3, 0.4) is 0 Å². The average Bonchev–Trinajstić information content (AvgIpc) is 2.78. The van der Waals surface area contributed by atoms with Crippen LogP contribution >= 0.6 is 0 Å². The van der Waals surface area contributed by atoms with Gasteiger partial charge in [-0.3, -0.25) is 0 Å². The first-order valence-corrected chi connectivity index (χ1v) is 6.28. The number of morpholine rings is 1. The maximum Gasteiger partial charge on any atom is 0.0662 e. The normalized spacial score (nSPS) is 28.4. The molecule has 1 N–H and O–H groups in total. The monoisotopic (exact) mass is 217 g/mol. The van der Waals surface area contributed by atoms with Crippen molar-refractivity contribution in [3.05, 3.63) is 35.9 Å². The van der Waals surface area contributed by atoms with E-state index < -0.39 is 0 Å². The maximum absolute atomic E-state index is 5.81. The van der Waals surface area contributed by atoms with Gasteiger partial charge in [0.2, 0.25) is 0 Å². The molecular formula is C14H19NO. The van der Waals surface area contributed by atoms with Crippen LogP contribution in [0.4, 0.5) is 0 Å². The first-order valence-electron chi connectivity index (χ1n) is 6.28. The molecule has 1 atom stereocenters. The Morgan fingerprint density at radius 1 is 1.12 bits per heavy atom.